The monoisotopic (exact) mass is 1020 g/mol. The topological polar surface area (TPSA) is 175 Å². The van der Waals surface area contributed by atoms with Gasteiger partial charge in [-0.3, -0.25) is 14.4 Å². The van der Waals surface area contributed by atoms with Crippen LogP contribution in [0.15, 0.2) is 97.2 Å². The summed E-state index contributed by atoms with van der Waals surface area (Å²) in [6.07, 6.45) is 51.1. The van der Waals surface area contributed by atoms with Gasteiger partial charge in [0.1, 0.15) is 18.8 Å². The van der Waals surface area contributed by atoms with Crippen molar-refractivity contribution in [2.75, 3.05) is 13.2 Å². The molecule has 1 heterocycles. The van der Waals surface area contributed by atoms with E-state index in [1.807, 2.05) is 12.2 Å². The second-order valence-electron chi connectivity index (χ2n) is 18.8. The van der Waals surface area contributed by atoms with Gasteiger partial charge in [0.25, 0.3) is 0 Å². The average Bonchev–Trinajstić information content (AvgIpc) is 3.37. The minimum absolute atomic E-state index is 0.0308. The number of allylic oxidation sites excluding steroid dienone is 16. The second-order valence-corrected chi connectivity index (χ2v) is 18.8. The number of esters is 3. The van der Waals surface area contributed by atoms with Crippen molar-refractivity contribution in [2.24, 2.45) is 0 Å². The molecule has 1 aliphatic heterocycles. The van der Waals surface area contributed by atoms with Crippen LogP contribution in [0.4, 0.5) is 0 Å². The van der Waals surface area contributed by atoms with Crippen molar-refractivity contribution in [3.63, 3.8) is 0 Å². The van der Waals surface area contributed by atoms with Crippen molar-refractivity contribution in [1.29, 1.82) is 0 Å². The minimum atomic E-state index is -1.92. The molecular formula is C61H98O12. The minimum Gasteiger partial charge on any atom is -0.479 e. The first-order valence-corrected chi connectivity index (χ1v) is 28.2. The SMILES string of the molecule is CC/C=C\C/C=C\C/C=C\C/C=C\CCC(=O)OC(COC(=O)CCCCCCC/C=C\C/C=C\CCCCC)COC1OC(C(=O)O)C(O)C(O)C1OC(=O)CCCCCCC/C=C\C/C=C\CCCCC. The molecule has 414 valence electrons. The van der Waals surface area contributed by atoms with E-state index in [4.69, 9.17) is 23.7 Å². The molecule has 6 atom stereocenters. The van der Waals surface area contributed by atoms with Crippen molar-refractivity contribution in [3.8, 4) is 0 Å². The van der Waals surface area contributed by atoms with Gasteiger partial charge in [-0.25, -0.2) is 4.79 Å². The molecule has 0 radical (unpaired) electrons. The van der Waals surface area contributed by atoms with E-state index in [1.165, 1.54) is 38.5 Å². The van der Waals surface area contributed by atoms with Crippen LogP contribution in [-0.4, -0.2) is 89.2 Å². The molecule has 0 aliphatic carbocycles. The maximum atomic E-state index is 13.1. The van der Waals surface area contributed by atoms with Crippen LogP contribution >= 0.6 is 0 Å². The highest BCUT2D eigenvalue weighted by molar-refractivity contribution is 5.74. The lowest BCUT2D eigenvalue weighted by molar-refractivity contribution is -0.301. The molecule has 0 amide bonds. The van der Waals surface area contributed by atoms with E-state index in [9.17, 15) is 34.5 Å². The lowest BCUT2D eigenvalue weighted by Crippen LogP contribution is -2.61. The fourth-order valence-corrected chi connectivity index (χ4v) is 7.79. The van der Waals surface area contributed by atoms with E-state index >= 15 is 0 Å². The number of ether oxygens (including phenoxy) is 5. The summed E-state index contributed by atoms with van der Waals surface area (Å²) in [6, 6.07) is 0. The van der Waals surface area contributed by atoms with Gasteiger partial charge in [0.05, 0.1) is 6.61 Å². The first-order chi connectivity index (χ1) is 35.6. The molecule has 1 saturated heterocycles. The van der Waals surface area contributed by atoms with Crippen molar-refractivity contribution in [3.05, 3.63) is 97.2 Å². The predicted octanol–water partition coefficient (Wildman–Crippen LogP) is 14.1. The molecular weight excluding hydrogens is 925 g/mol. The number of aliphatic carboxylic acids is 1. The number of carbonyl (C=O) groups excluding carboxylic acids is 3. The number of aliphatic hydroxyl groups excluding tert-OH is 2. The maximum Gasteiger partial charge on any atom is 0.335 e. The Kier molecular flexibility index (Phi) is 44.4. The Morgan fingerprint density at radius 3 is 1.37 bits per heavy atom. The van der Waals surface area contributed by atoms with E-state index in [2.05, 4.69) is 106 Å². The molecule has 1 rings (SSSR count). The zero-order valence-electron chi connectivity index (χ0n) is 45.3. The third kappa shape index (κ3) is 38.8. The summed E-state index contributed by atoms with van der Waals surface area (Å²) < 4.78 is 28.2. The summed E-state index contributed by atoms with van der Waals surface area (Å²) in [6.45, 7) is 5.72. The van der Waals surface area contributed by atoms with Gasteiger partial charge in [-0.15, -0.1) is 0 Å². The Bertz CT molecular complexity index is 1640. The van der Waals surface area contributed by atoms with E-state index < -0.39 is 67.3 Å². The number of hydrogen-bond donors (Lipinski definition) is 3. The fourth-order valence-electron chi connectivity index (χ4n) is 7.79. The largest absolute Gasteiger partial charge is 0.479 e. The number of carbonyl (C=O) groups is 4. The smallest absolute Gasteiger partial charge is 0.335 e. The summed E-state index contributed by atoms with van der Waals surface area (Å²) in [4.78, 5) is 51.0. The van der Waals surface area contributed by atoms with Crippen LogP contribution < -0.4 is 0 Å². The second kappa shape index (κ2) is 48.6. The van der Waals surface area contributed by atoms with Gasteiger partial charge in [-0.1, -0.05) is 182 Å². The van der Waals surface area contributed by atoms with E-state index in [1.54, 1.807) is 0 Å². The molecule has 0 bridgehead atoms. The van der Waals surface area contributed by atoms with Crippen LogP contribution in [0.3, 0.4) is 0 Å². The lowest BCUT2D eigenvalue weighted by atomic mass is 9.98. The Labute approximate surface area is 441 Å². The summed E-state index contributed by atoms with van der Waals surface area (Å²) in [5.41, 5.74) is 0. The molecule has 0 saturated carbocycles. The van der Waals surface area contributed by atoms with Crippen LogP contribution in [0.25, 0.3) is 0 Å². The van der Waals surface area contributed by atoms with E-state index in [-0.39, 0.29) is 25.9 Å². The van der Waals surface area contributed by atoms with Gasteiger partial charge < -0.3 is 39.0 Å². The summed E-state index contributed by atoms with van der Waals surface area (Å²) >= 11 is 0. The van der Waals surface area contributed by atoms with Gasteiger partial charge in [0, 0.05) is 19.3 Å². The Balaban J connectivity index is 2.77. The summed E-state index contributed by atoms with van der Waals surface area (Å²) in [5, 5.41) is 31.4. The molecule has 6 unspecified atom stereocenters. The molecule has 0 aromatic rings. The third-order valence-corrected chi connectivity index (χ3v) is 12.1. The molecule has 0 aromatic heterocycles. The van der Waals surface area contributed by atoms with Crippen LogP contribution in [0.2, 0.25) is 0 Å². The van der Waals surface area contributed by atoms with Crippen LogP contribution in [-0.2, 0) is 42.9 Å². The van der Waals surface area contributed by atoms with Gasteiger partial charge in [-0.05, 0) is 109 Å². The first kappa shape index (κ1) is 66.7. The van der Waals surface area contributed by atoms with Crippen molar-refractivity contribution in [1.82, 2.24) is 0 Å². The summed E-state index contributed by atoms with van der Waals surface area (Å²) in [7, 11) is 0. The van der Waals surface area contributed by atoms with Gasteiger partial charge in [0.2, 0.25) is 0 Å². The fraction of sp³-hybridized carbons (Fsp3) is 0.672. The van der Waals surface area contributed by atoms with Gasteiger partial charge in [-0.2, -0.15) is 0 Å². The Morgan fingerprint density at radius 2 is 0.890 bits per heavy atom. The molecule has 1 aliphatic rings. The number of hydrogen-bond acceptors (Lipinski definition) is 11. The van der Waals surface area contributed by atoms with Crippen LogP contribution in [0.1, 0.15) is 213 Å². The van der Waals surface area contributed by atoms with Gasteiger partial charge in [0.15, 0.2) is 24.6 Å². The highest BCUT2D eigenvalue weighted by Crippen LogP contribution is 2.26. The highest BCUT2D eigenvalue weighted by atomic mass is 16.7. The Morgan fingerprint density at radius 1 is 0.466 bits per heavy atom. The normalized spacial score (nSPS) is 19.1. The van der Waals surface area contributed by atoms with Crippen molar-refractivity contribution in [2.45, 2.75) is 250 Å². The quantitative estimate of drug-likeness (QED) is 0.0228. The number of rotatable bonds is 46. The molecule has 12 heteroatoms. The molecule has 12 nitrogen and oxygen atoms in total. The zero-order valence-corrected chi connectivity index (χ0v) is 45.3. The number of carboxylic acids is 1. The number of unbranched alkanes of at least 4 members (excludes halogenated alkanes) is 16. The molecule has 0 aromatic carbocycles. The van der Waals surface area contributed by atoms with Crippen molar-refractivity contribution >= 4 is 23.9 Å². The standard InChI is InChI=1S/C61H98O12/c1-4-7-10-13-16-19-22-25-27-30-32-35-38-41-44-47-53(62)69-50-52(71-54(63)48-45-42-39-36-33-29-24-21-18-15-12-9-6-3)51-70-61-59(57(66)56(65)58(73-61)60(67)68)72-55(64)49-46-43-40-37-34-31-28-26-23-20-17-14-11-8-5-2/h9,12,16-21,25-29,33,39,42,52,56-59,61,65-66H,4-8,10-11,13-15,22-24,30-32,34-38,40-41,43-51H2,1-3H3,(H,67,68)/b12-9-,19-16-,20-17-,21-18-,27-25-,28-26-,33-29-,42-39-. The van der Waals surface area contributed by atoms with Gasteiger partial charge >= 0.3 is 23.9 Å². The van der Waals surface area contributed by atoms with Crippen LogP contribution in [0, 0.1) is 0 Å². The zero-order chi connectivity index (χ0) is 53.3. The maximum absolute atomic E-state index is 13.1. The number of carboxylic acid groups (broad SMARTS) is 1. The predicted molar refractivity (Wildman–Crippen MR) is 294 cm³/mol. The highest BCUT2D eigenvalue weighted by Gasteiger charge is 2.50. The molecule has 3 N–H and O–H groups in total. The Hall–Kier alpha value is -4.36. The third-order valence-electron chi connectivity index (χ3n) is 12.1. The number of aliphatic hydroxyl groups is 2. The first-order valence-electron chi connectivity index (χ1n) is 28.2. The van der Waals surface area contributed by atoms with E-state index in [0.29, 0.717) is 25.7 Å². The lowest BCUT2D eigenvalue weighted by Gasteiger charge is -2.40. The molecule has 73 heavy (non-hydrogen) atoms. The average molecular weight is 1020 g/mol. The molecule has 0 spiro atoms. The van der Waals surface area contributed by atoms with Crippen molar-refractivity contribution < 1.29 is 58.2 Å². The van der Waals surface area contributed by atoms with E-state index in [0.717, 1.165) is 109 Å². The molecule has 1 fully saturated rings. The van der Waals surface area contributed by atoms with Crippen LogP contribution in [0.5, 0.6) is 0 Å². The summed E-state index contributed by atoms with van der Waals surface area (Å²) in [5.74, 6) is -3.28.